The highest BCUT2D eigenvalue weighted by Gasteiger charge is 2.11. The Balaban J connectivity index is 1.97. The van der Waals surface area contributed by atoms with Crippen LogP contribution in [0.5, 0.6) is 0 Å². The lowest BCUT2D eigenvalue weighted by Crippen LogP contribution is -2.11. The number of fused-ring (bicyclic) bond motifs is 1. The van der Waals surface area contributed by atoms with Crippen molar-refractivity contribution < 1.29 is 4.79 Å². The maximum atomic E-state index is 12.2. The molecular formula is C18H18N2O2S. The molecule has 5 heteroatoms. The van der Waals surface area contributed by atoms with E-state index < -0.39 is 0 Å². The first kappa shape index (κ1) is 15.5. The van der Waals surface area contributed by atoms with Crippen LogP contribution in [0, 0.1) is 6.92 Å². The van der Waals surface area contributed by atoms with Crippen LogP contribution in [0.25, 0.3) is 10.9 Å². The van der Waals surface area contributed by atoms with Crippen LogP contribution in [0.4, 0.5) is 5.69 Å². The topological polar surface area (TPSA) is 62.0 Å². The second-order valence-corrected chi connectivity index (χ2v) is 6.86. The van der Waals surface area contributed by atoms with Crippen LogP contribution in [0.2, 0.25) is 0 Å². The summed E-state index contributed by atoms with van der Waals surface area (Å²) < 4.78 is 0. The van der Waals surface area contributed by atoms with Gasteiger partial charge in [-0.2, -0.15) is 0 Å². The molecule has 2 heterocycles. The van der Waals surface area contributed by atoms with E-state index in [1.165, 1.54) is 11.3 Å². The molecule has 0 bridgehead atoms. The number of anilines is 1. The summed E-state index contributed by atoms with van der Waals surface area (Å²) in [4.78, 5) is 27.6. The van der Waals surface area contributed by atoms with Crippen molar-refractivity contribution in [2.45, 2.75) is 26.7 Å². The summed E-state index contributed by atoms with van der Waals surface area (Å²) in [5.41, 5.74) is 3.37. The second kappa shape index (κ2) is 6.01. The van der Waals surface area contributed by atoms with Crippen molar-refractivity contribution in [3.05, 3.63) is 62.1 Å². The number of amides is 1. The number of aromatic amines is 1. The smallest absolute Gasteiger partial charge is 0.265 e. The van der Waals surface area contributed by atoms with Crippen LogP contribution in [0.1, 0.15) is 40.6 Å². The first-order chi connectivity index (χ1) is 10.9. The maximum absolute atomic E-state index is 12.2. The number of benzene rings is 1. The van der Waals surface area contributed by atoms with Crippen molar-refractivity contribution in [2.75, 3.05) is 5.32 Å². The quantitative estimate of drug-likeness (QED) is 0.755. The van der Waals surface area contributed by atoms with E-state index in [2.05, 4.69) is 24.1 Å². The number of H-pyrrole nitrogens is 1. The molecule has 1 amide bonds. The molecular weight excluding hydrogens is 308 g/mol. The third kappa shape index (κ3) is 3.19. The first-order valence-corrected chi connectivity index (χ1v) is 8.35. The molecule has 0 aliphatic rings. The van der Waals surface area contributed by atoms with Gasteiger partial charge in [0.05, 0.1) is 10.4 Å². The minimum absolute atomic E-state index is 0.126. The van der Waals surface area contributed by atoms with Crippen molar-refractivity contribution in [3.63, 3.8) is 0 Å². The van der Waals surface area contributed by atoms with Crippen molar-refractivity contribution in [1.29, 1.82) is 0 Å². The molecule has 3 aromatic rings. The fourth-order valence-corrected chi connectivity index (χ4v) is 3.38. The average Bonchev–Trinajstić information content (AvgIpc) is 2.92. The van der Waals surface area contributed by atoms with Gasteiger partial charge in [0.25, 0.3) is 5.91 Å². The molecule has 0 spiro atoms. The summed E-state index contributed by atoms with van der Waals surface area (Å²) in [7, 11) is 0. The Morgan fingerprint density at radius 1 is 1.22 bits per heavy atom. The zero-order valence-corrected chi connectivity index (χ0v) is 14.1. The third-order valence-corrected chi connectivity index (χ3v) is 4.76. The molecule has 3 rings (SSSR count). The fourth-order valence-electron chi connectivity index (χ4n) is 2.59. The zero-order chi connectivity index (χ0) is 16.6. The Kier molecular flexibility index (Phi) is 4.05. The highest BCUT2D eigenvalue weighted by atomic mass is 32.1. The van der Waals surface area contributed by atoms with Crippen LogP contribution in [-0.4, -0.2) is 10.9 Å². The van der Waals surface area contributed by atoms with Gasteiger partial charge in [0.15, 0.2) is 0 Å². The van der Waals surface area contributed by atoms with Gasteiger partial charge in [0.2, 0.25) is 5.56 Å². The molecule has 118 valence electrons. The number of carbonyl (C=O) groups is 1. The van der Waals surface area contributed by atoms with Gasteiger partial charge in [-0.15, -0.1) is 11.3 Å². The Morgan fingerprint density at radius 3 is 2.65 bits per heavy atom. The fraction of sp³-hybridized carbons (Fsp3) is 0.222. The standard InChI is InChI=1S/C18H18N2O2S/c1-10(2)14-8-17(21)20-15-7-12(4-5-13(14)15)19-18(22)16-6-11(3)9-23-16/h4-10H,1-3H3,(H,19,22)(H,20,21). The molecule has 2 N–H and O–H groups in total. The molecule has 23 heavy (non-hydrogen) atoms. The van der Waals surface area contributed by atoms with E-state index in [0.717, 1.165) is 22.0 Å². The first-order valence-electron chi connectivity index (χ1n) is 7.47. The SMILES string of the molecule is Cc1csc(C(=O)Nc2ccc3c(C(C)C)cc(=O)[nH]c3c2)c1. The van der Waals surface area contributed by atoms with Crippen LogP contribution in [0.15, 0.2) is 40.5 Å². The summed E-state index contributed by atoms with van der Waals surface area (Å²) in [6.45, 7) is 6.08. The van der Waals surface area contributed by atoms with Crippen molar-refractivity contribution in [3.8, 4) is 0 Å². The third-order valence-electron chi connectivity index (χ3n) is 3.71. The summed E-state index contributed by atoms with van der Waals surface area (Å²) in [5, 5.41) is 5.83. The number of aryl methyl sites for hydroxylation is 1. The van der Waals surface area contributed by atoms with Crippen LogP contribution in [0.3, 0.4) is 0 Å². The predicted molar refractivity (Wildman–Crippen MR) is 95.7 cm³/mol. The van der Waals surface area contributed by atoms with E-state index in [0.29, 0.717) is 10.6 Å². The normalized spacial score (nSPS) is 11.1. The van der Waals surface area contributed by atoms with E-state index in [1.54, 1.807) is 12.1 Å². The number of hydrogen-bond donors (Lipinski definition) is 2. The van der Waals surface area contributed by atoms with E-state index in [9.17, 15) is 9.59 Å². The Bertz CT molecular complexity index is 938. The molecule has 1 aromatic carbocycles. The van der Waals surface area contributed by atoms with E-state index in [-0.39, 0.29) is 17.4 Å². The molecule has 0 radical (unpaired) electrons. The van der Waals surface area contributed by atoms with Gasteiger partial charge >= 0.3 is 0 Å². The molecule has 0 saturated carbocycles. The molecule has 0 aliphatic carbocycles. The largest absolute Gasteiger partial charge is 0.322 e. The molecule has 4 nitrogen and oxygen atoms in total. The van der Waals surface area contributed by atoms with Crippen molar-refractivity contribution in [1.82, 2.24) is 4.98 Å². The summed E-state index contributed by atoms with van der Waals surface area (Å²) >= 11 is 1.42. The molecule has 0 aliphatic heterocycles. The monoisotopic (exact) mass is 326 g/mol. The Labute approximate surface area is 138 Å². The minimum atomic E-state index is -0.134. The van der Waals surface area contributed by atoms with Crippen molar-refractivity contribution in [2.24, 2.45) is 0 Å². The lowest BCUT2D eigenvalue weighted by molar-refractivity contribution is 0.103. The van der Waals surface area contributed by atoms with Crippen LogP contribution in [-0.2, 0) is 0 Å². The van der Waals surface area contributed by atoms with E-state index in [1.807, 2.05) is 30.5 Å². The molecule has 0 unspecified atom stereocenters. The number of pyridine rings is 1. The highest BCUT2D eigenvalue weighted by Crippen LogP contribution is 2.25. The summed E-state index contributed by atoms with van der Waals surface area (Å²) in [6, 6.07) is 9.11. The van der Waals surface area contributed by atoms with Crippen LogP contribution >= 0.6 is 11.3 Å². The van der Waals surface area contributed by atoms with Gasteiger partial charge in [-0.1, -0.05) is 19.9 Å². The Hall–Kier alpha value is -2.40. The Morgan fingerprint density at radius 2 is 2.00 bits per heavy atom. The number of rotatable bonds is 3. The van der Waals surface area contributed by atoms with Gasteiger partial charge in [-0.3, -0.25) is 9.59 Å². The summed E-state index contributed by atoms with van der Waals surface area (Å²) in [5.74, 6) is 0.124. The maximum Gasteiger partial charge on any atom is 0.265 e. The number of carbonyl (C=O) groups excluding carboxylic acids is 1. The number of nitrogens with one attached hydrogen (secondary N) is 2. The van der Waals surface area contributed by atoms with Gasteiger partial charge in [-0.05, 0) is 47.5 Å². The average molecular weight is 326 g/mol. The number of aromatic nitrogens is 1. The van der Waals surface area contributed by atoms with Gasteiger partial charge in [0, 0.05) is 17.1 Å². The molecule has 2 aromatic heterocycles. The lowest BCUT2D eigenvalue weighted by atomic mass is 9.99. The number of thiophene rings is 1. The number of hydrogen-bond acceptors (Lipinski definition) is 3. The van der Waals surface area contributed by atoms with Gasteiger partial charge < -0.3 is 10.3 Å². The van der Waals surface area contributed by atoms with Gasteiger partial charge in [-0.25, -0.2) is 0 Å². The molecule has 0 atom stereocenters. The van der Waals surface area contributed by atoms with E-state index >= 15 is 0 Å². The van der Waals surface area contributed by atoms with E-state index in [4.69, 9.17) is 0 Å². The molecule has 0 saturated heterocycles. The predicted octanol–water partition coefficient (Wildman–Crippen LogP) is 4.27. The summed E-state index contributed by atoms with van der Waals surface area (Å²) in [6.07, 6.45) is 0. The second-order valence-electron chi connectivity index (χ2n) is 5.95. The van der Waals surface area contributed by atoms with Gasteiger partial charge in [0.1, 0.15) is 0 Å². The molecule has 0 fully saturated rings. The minimum Gasteiger partial charge on any atom is -0.322 e. The van der Waals surface area contributed by atoms with Crippen molar-refractivity contribution >= 4 is 33.8 Å². The lowest BCUT2D eigenvalue weighted by Gasteiger charge is -2.11. The highest BCUT2D eigenvalue weighted by molar-refractivity contribution is 7.12. The van der Waals surface area contributed by atoms with Crippen LogP contribution < -0.4 is 10.9 Å². The zero-order valence-electron chi connectivity index (χ0n) is 13.3.